The Morgan fingerprint density at radius 1 is 0.477 bits per heavy atom. The molecular weight excluding hydrogens is 811 g/mol. The molecule has 0 saturated heterocycles. The van der Waals surface area contributed by atoms with Gasteiger partial charge >= 0.3 is 11.9 Å². The molecule has 0 saturated carbocycles. The summed E-state index contributed by atoms with van der Waals surface area (Å²) < 4.78 is 17.2. The monoisotopic (exact) mass is 910 g/mol. The van der Waals surface area contributed by atoms with Crippen LogP contribution in [-0.2, 0) is 28.6 Å². The maximum absolute atomic E-state index is 12.7. The highest BCUT2D eigenvalue weighted by Crippen LogP contribution is 2.16. The molecule has 0 aromatic heterocycles. The highest BCUT2D eigenvalue weighted by atomic mass is 16.6. The molecule has 0 fully saturated rings. The van der Waals surface area contributed by atoms with Crippen LogP contribution in [0.1, 0.15) is 219 Å². The second kappa shape index (κ2) is 47.3. The van der Waals surface area contributed by atoms with Crippen molar-refractivity contribution < 1.29 is 38.2 Å². The number of carbonyl (C=O) groups excluding carboxylic acids is 3. The predicted molar refractivity (Wildman–Crippen MR) is 272 cm³/mol. The molecule has 374 valence electrons. The molecule has 0 amide bonds. The third-order valence-electron chi connectivity index (χ3n) is 11.6. The molecule has 0 N–H and O–H groups in total. The lowest BCUT2D eigenvalue weighted by atomic mass is 10.0. The van der Waals surface area contributed by atoms with Crippen LogP contribution in [0.15, 0.2) is 72.9 Å². The molecule has 8 heteroatoms. The van der Waals surface area contributed by atoms with E-state index in [1.165, 1.54) is 122 Å². The third-order valence-corrected chi connectivity index (χ3v) is 11.6. The number of carboxylic acid groups (broad SMARTS) is 1. The van der Waals surface area contributed by atoms with Gasteiger partial charge in [-0.3, -0.25) is 9.59 Å². The van der Waals surface area contributed by atoms with Gasteiger partial charge in [0.05, 0.1) is 40.3 Å². The lowest BCUT2D eigenvalue weighted by molar-refractivity contribution is -0.889. The second-order valence-electron chi connectivity index (χ2n) is 18.7. The Hall–Kier alpha value is -3.23. The molecule has 0 rings (SSSR count). The van der Waals surface area contributed by atoms with E-state index in [0.717, 1.165) is 57.8 Å². The molecule has 0 bridgehead atoms. The molecule has 8 nitrogen and oxygen atoms in total. The van der Waals surface area contributed by atoms with Gasteiger partial charge in [-0.1, -0.05) is 222 Å². The van der Waals surface area contributed by atoms with Gasteiger partial charge in [0.15, 0.2) is 6.10 Å². The quantitative estimate of drug-likeness (QED) is 0.0259. The number of hydrogen-bond acceptors (Lipinski definition) is 7. The maximum atomic E-state index is 12.7. The number of likely N-dealkylation sites (N-methyl/N-ethyl adjacent to an activating group) is 1. The number of carbonyl (C=O) groups is 3. The minimum atomic E-state index is -1.14. The first-order chi connectivity index (χ1) is 31.6. The number of unbranched alkanes of at least 4 members (excludes halogenated alkanes) is 21. The third kappa shape index (κ3) is 45.7. The van der Waals surface area contributed by atoms with Crippen molar-refractivity contribution >= 4 is 17.9 Å². The number of rotatable bonds is 47. The summed E-state index contributed by atoms with van der Waals surface area (Å²) in [5, 5.41) is 11.7. The topological polar surface area (TPSA) is 102 Å². The highest BCUT2D eigenvalue weighted by molar-refractivity contribution is 5.70. The molecular formula is C57H99NO7. The Morgan fingerprint density at radius 2 is 0.862 bits per heavy atom. The van der Waals surface area contributed by atoms with Crippen LogP contribution in [-0.4, -0.2) is 75.5 Å². The van der Waals surface area contributed by atoms with Gasteiger partial charge in [-0.05, 0) is 51.4 Å². The first-order valence-electron chi connectivity index (χ1n) is 26.5. The van der Waals surface area contributed by atoms with Crippen LogP contribution in [0.3, 0.4) is 0 Å². The maximum Gasteiger partial charge on any atom is 0.306 e. The average Bonchev–Trinajstić information content (AvgIpc) is 3.27. The van der Waals surface area contributed by atoms with Gasteiger partial charge in [0.2, 0.25) is 0 Å². The van der Waals surface area contributed by atoms with Crippen molar-refractivity contribution in [3.05, 3.63) is 72.9 Å². The van der Waals surface area contributed by atoms with Crippen molar-refractivity contribution in [3.63, 3.8) is 0 Å². The van der Waals surface area contributed by atoms with Crippen molar-refractivity contribution in [2.24, 2.45) is 0 Å². The molecule has 2 unspecified atom stereocenters. The molecule has 0 aliphatic heterocycles. The first kappa shape index (κ1) is 61.8. The minimum Gasteiger partial charge on any atom is -0.544 e. The fraction of sp³-hybridized carbons (Fsp3) is 0.737. The van der Waals surface area contributed by atoms with Crippen LogP contribution in [0.25, 0.3) is 0 Å². The van der Waals surface area contributed by atoms with E-state index in [1.807, 2.05) is 12.2 Å². The Bertz CT molecular complexity index is 1290. The first-order valence-corrected chi connectivity index (χ1v) is 26.5. The van der Waals surface area contributed by atoms with E-state index in [-0.39, 0.29) is 43.1 Å². The van der Waals surface area contributed by atoms with Gasteiger partial charge in [-0.15, -0.1) is 0 Å². The Balaban J connectivity index is 4.30. The summed E-state index contributed by atoms with van der Waals surface area (Å²) in [4.78, 5) is 37.0. The Kier molecular flexibility index (Phi) is 44.9. The number of nitrogens with zero attached hydrogens (tertiary/aromatic N) is 1. The van der Waals surface area contributed by atoms with E-state index >= 15 is 0 Å². The normalized spacial score (nSPS) is 13.4. The fourth-order valence-corrected chi connectivity index (χ4v) is 7.57. The van der Waals surface area contributed by atoms with E-state index in [9.17, 15) is 19.5 Å². The fourth-order valence-electron chi connectivity index (χ4n) is 7.57. The van der Waals surface area contributed by atoms with Crippen molar-refractivity contribution in [1.82, 2.24) is 0 Å². The summed E-state index contributed by atoms with van der Waals surface area (Å²) in [5.74, 6) is -1.84. The molecule has 0 aliphatic carbocycles. The minimum absolute atomic E-state index is 0.00917. The summed E-state index contributed by atoms with van der Waals surface area (Å²) in [7, 11) is 5.39. The van der Waals surface area contributed by atoms with Crippen molar-refractivity contribution in [3.8, 4) is 0 Å². The van der Waals surface area contributed by atoms with E-state index < -0.39 is 24.1 Å². The van der Waals surface area contributed by atoms with Crippen molar-refractivity contribution in [2.45, 2.75) is 231 Å². The molecule has 0 aromatic rings. The highest BCUT2D eigenvalue weighted by Gasteiger charge is 2.25. The molecule has 0 aromatic carbocycles. The second-order valence-corrected chi connectivity index (χ2v) is 18.7. The Morgan fingerprint density at radius 3 is 1.25 bits per heavy atom. The van der Waals surface area contributed by atoms with Crippen LogP contribution in [0.5, 0.6) is 0 Å². The standard InChI is InChI=1S/C57H99NO7/c1-6-8-10-12-14-16-18-20-22-24-26-27-28-30-31-33-35-37-39-41-43-45-47-55(59)64-52-53(51-63-50-49-54(57(61)62)58(3,4)5)65-56(60)48-46-44-42-40-38-36-34-32-29-25-23-21-19-17-15-13-11-9-7-2/h9,11,15,17,21,23,29,32,36,38,42,44,53-54H,6-8,10,12-14,16,18-20,22,24-28,30-31,33-35,37,39-41,43,45-52H2,1-5H3/b11-9+,17-15+,23-21+,32-29+,38-36+,44-42+. The summed E-state index contributed by atoms with van der Waals surface area (Å²) >= 11 is 0. The zero-order valence-electron chi connectivity index (χ0n) is 42.6. The lowest BCUT2D eigenvalue weighted by Gasteiger charge is -2.34. The van der Waals surface area contributed by atoms with Gasteiger partial charge < -0.3 is 28.6 Å². The SMILES string of the molecule is CC/C=C/C/C=C/C/C=C/C/C=C/C/C=C/C/C=C/CCC(=O)OC(COCCC(C(=O)[O-])[N+](C)(C)C)COC(=O)CCCCCCCCCCCCCCCCCCCCCCCC. The van der Waals surface area contributed by atoms with Gasteiger partial charge in [-0.25, -0.2) is 0 Å². The van der Waals surface area contributed by atoms with Gasteiger partial charge in [0.25, 0.3) is 0 Å². The number of esters is 2. The number of aliphatic carboxylic acids is 1. The van der Waals surface area contributed by atoms with E-state index in [4.69, 9.17) is 14.2 Å². The Labute approximate surface area is 400 Å². The van der Waals surface area contributed by atoms with Crippen LogP contribution >= 0.6 is 0 Å². The van der Waals surface area contributed by atoms with E-state index in [1.54, 1.807) is 21.1 Å². The van der Waals surface area contributed by atoms with Crippen LogP contribution in [0.2, 0.25) is 0 Å². The van der Waals surface area contributed by atoms with Gasteiger partial charge in [0, 0.05) is 19.3 Å². The number of ether oxygens (including phenoxy) is 3. The molecule has 65 heavy (non-hydrogen) atoms. The largest absolute Gasteiger partial charge is 0.544 e. The predicted octanol–water partition coefficient (Wildman–Crippen LogP) is 14.1. The number of allylic oxidation sites excluding steroid dienone is 12. The van der Waals surface area contributed by atoms with Crippen LogP contribution < -0.4 is 5.11 Å². The van der Waals surface area contributed by atoms with Gasteiger partial charge in [0.1, 0.15) is 12.6 Å². The van der Waals surface area contributed by atoms with Gasteiger partial charge in [-0.2, -0.15) is 0 Å². The average molecular weight is 910 g/mol. The summed E-state index contributed by atoms with van der Waals surface area (Å²) in [5.41, 5.74) is 0. The van der Waals surface area contributed by atoms with Crippen LogP contribution in [0, 0.1) is 0 Å². The summed E-state index contributed by atoms with van der Waals surface area (Å²) in [6.45, 7) is 4.49. The summed E-state index contributed by atoms with van der Waals surface area (Å²) in [6, 6.07) is -0.742. The molecule has 0 aliphatic rings. The van der Waals surface area contributed by atoms with E-state index in [2.05, 4.69) is 74.6 Å². The number of hydrogen-bond donors (Lipinski definition) is 0. The zero-order valence-corrected chi connectivity index (χ0v) is 42.6. The molecule has 0 spiro atoms. The zero-order chi connectivity index (χ0) is 47.7. The number of quaternary nitrogens is 1. The smallest absolute Gasteiger partial charge is 0.306 e. The van der Waals surface area contributed by atoms with E-state index in [0.29, 0.717) is 12.8 Å². The van der Waals surface area contributed by atoms with Crippen molar-refractivity contribution in [2.75, 3.05) is 41.0 Å². The molecule has 0 heterocycles. The van der Waals surface area contributed by atoms with Crippen molar-refractivity contribution in [1.29, 1.82) is 0 Å². The summed E-state index contributed by atoms with van der Waals surface area (Å²) in [6.07, 6.45) is 61.0. The lowest BCUT2D eigenvalue weighted by Crippen LogP contribution is -2.55. The number of carboxylic acids is 1. The molecule has 2 atom stereocenters. The van der Waals surface area contributed by atoms with Crippen LogP contribution in [0.4, 0.5) is 0 Å². The molecule has 0 radical (unpaired) electrons.